The molecule has 0 bridgehead atoms. The fraction of sp³-hybridized carbons (Fsp3) is 0.276. The van der Waals surface area contributed by atoms with Gasteiger partial charge in [-0.1, -0.05) is 15.9 Å². The molecule has 4 heterocycles. The number of carbonyl (C=O) groups excluding carboxylic acids is 1. The minimum absolute atomic E-state index is 0.0778. The van der Waals surface area contributed by atoms with E-state index in [1.807, 2.05) is 0 Å². The van der Waals surface area contributed by atoms with Gasteiger partial charge in [0.05, 0.1) is 41.0 Å². The molecule has 1 aliphatic rings. The first kappa shape index (κ1) is 28.8. The van der Waals surface area contributed by atoms with E-state index < -0.39 is 35.1 Å². The smallest absolute Gasteiger partial charge is 0.331 e. The molecule has 0 saturated carbocycles. The number of carbonyl (C=O) groups is 1. The lowest BCUT2D eigenvalue weighted by atomic mass is 9.98. The minimum atomic E-state index is -4.66. The number of imidazole rings is 1. The number of hydrogen-bond donors (Lipinski definition) is 0. The van der Waals surface area contributed by atoms with Gasteiger partial charge in [0.15, 0.2) is 5.82 Å². The number of aryl methyl sites for hydroxylation is 3. The van der Waals surface area contributed by atoms with Gasteiger partial charge in [0.2, 0.25) is 5.95 Å². The van der Waals surface area contributed by atoms with Crippen LogP contribution in [-0.2, 0) is 26.2 Å². The number of fused-ring (bicyclic) bond motifs is 2. The van der Waals surface area contributed by atoms with Gasteiger partial charge in [-0.05, 0) is 57.5 Å². The van der Waals surface area contributed by atoms with Crippen molar-refractivity contribution in [3.05, 3.63) is 97.1 Å². The first-order chi connectivity index (χ1) is 20.2. The molecule has 0 spiro atoms. The Balaban J connectivity index is 1.50. The molecule has 2 aromatic carbocycles. The standard InChI is InChI=1S/C29H24BrF4N7O2/c1-14-7-16(3)41(37-14)28-36-24-12-39(26(42)17-5-6-21(30)20(9-17)29(32,33)34)15(2)8-19(24)27(43)40(28)18-10-22(31)25-23(11-18)35-13-38(25)4/h5-7,9-11,13,15H,8,12H2,1-4H3/t15-/m1/s1. The fourth-order valence-electron chi connectivity index (χ4n) is 5.52. The summed E-state index contributed by atoms with van der Waals surface area (Å²) in [5, 5.41) is 4.49. The topological polar surface area (TPSA) is 90.8 Å². The third-order valence-electron chi connectivity index (χ3n) is 7.58. The summed E-state index contributed by atoms with van der Waals surface area (Å²) in [4.78, 5) is 38.1. The Morgan fingerprint density at radius 3 is 2.53 bits per heavy atom. The highest BCUT2D eigenvalue weighted by molar-refractivity contribution is 9.10. The zero-order valence-electron chi connectivity index (χ0n) is 23.4. The van der Waals surface area contributed by atoms with Gasteiger partial charge in [-0.3, -0.25) is 9.59 Å². The quantitative estimate of drug-likeness (QED) is 0.242. The molecule has 222 valence electrons. The van der Waals surface area contributed by atoms with E-state index in [2.05, 4.69) is 26.0 Å². The SMILES string of the molecule is Cc1cc(C)n(-c2nc3c(c(=O)n2-c2cc(F)c4c(c2)ncn4C)C[C@@H](C)N(C(=O)c2ccc(Br)c(C(F)(F)F)c2)C3)n1. The molecule has 9 nitrogen and oxygen atoms in total. The van der Waals surface area contributed by atoms with Crippen LogP contribution in [0, 0.1) is 19.7 Å². The van der Waals surface area contributed by atoms with Gasteiger partial charge in [0.1, 0.15) is 5.52 Å². The van der Waals surface area contributed by atoms with Gasteiger partial charge < -0.3 is 9.47 Å². The second-order valence-corrected chi connectivity index (χ2v) is 11.5. The van der Waals surface area contributed by atoms with Crippen LogP contribution in [0.3, 0.4) is 0 Å². The van der Waals surface area contributed by atoms with E-state index >= 15 is 4.39 Å². The predicted molar refractivity (Wildman–Crippen MR) is 153 cm³/mol. The highest BCUT2D eigenvalue weighted by Gasteiger charge is 2.36. The van der Waals surface area contributed by atoms with Gasteiger partial charge in [-0.25, -0.2) is 23.6 Å². The van der Waals surface area contributed by atoms with E-state index in [1.54, 1.807) is 44.5 Å². The van der Waals surface area contributed by atoms with Crippen molar-refractivity contribution in [3.63, 3.8) is 0 Å². The van der Waals surface area contributed by atoms with Crippen molar-refractivity contribution < 1.29 is 22.4 Å². The zero-order valence-corrected chi connectivity index (χ0v) is 25.0. The molecule has 1 amide bonds. The Morgan fingerprint density at radius 1 is 1.12 bits per heavy atom. The second kappa shape index (κ2) is 10.1. The summed E-state index contributed by atoms with van der Waals surface area (Å²) >= 11 is 2.91. The van der Waals surface area contributed by atoms with Crippen molar-refractivity contribution in [1.29, 1.82) is 0 Å². The first-order valence-electron chi connectivity index (χ1n) is 13.2. The molecule has 0 unspecified atom stereocenters. The number of hydrogen-bond acceptors (Lipinski definition) is 5. The molecule has 3 aromatic heterocycles. The van der Waals surface area contributed by atoms with Crippen LogP contribution in [0.15, 0.2) is 52.0 Å². The lowest BCUT2D eigenvalue weighted by Gasteiger charge is -2.34. The number of aromatic nitrogens is 6. The lowest BCUT2D eigenvalue weighted by molar-refractivity contribution is -0.138. The Morgan fingerprint density at radius 2 is 1.86 bits per heavy atom. The highest BCUT2D eigenvalue weighted by atomic mass is 79.9. The molecular weight excluding hydrogens is 634 g/mol. The molecule has 43 heavy (non-hydrogen) atoms. The maximum Gasteiger partial charge on any atom is 0.417 e. The maximum atomic E-state index is 15.3. The monoisotopic (exact) mass is 657 g/mol. The third-order valence-corrected chi connectivity index (χ3v) is 8.28. The number of amides is 1. The summed E-state index contributed by atoms with van der Waals surface area (Å²) in [6, 6.07) is 7.40. The van der Waals surface area contributed by atoms with Crippen LogP contribution in [0.25, 0.3) is 22.7 Å². The first-order valence-corrected chi connectivity index (χ1v) is 14.0. The Labute approximate surface area is 250 Å². The molecule has 0 fully saturated rings. The van der Waals surface area contributed by atoms with Crippen molar-refractivity contribution in [1.82, 2.24) is 33.8 Å². The number of nitrogens with zero attached hydrogens (tertiary/aromatic N) is 7. The summed E-state index contributed by atoms with van der Waals surface area (Å²) in [6.07, 6.45) is -3.10. The summed E-state index contributed by atoms with van der Waals surface area (Å²) < 4.78 is 60.0. The van der Waals surface area contributed by atoms with Crippen LogP contribution in [0.4, 0.5) is 17.6 Å². The molecule has 5 aromatic rings. The Hall–Kier alpha value is -4.33. The lowest BCUT2D eigenvalue weighted by Crippen LogP contribution is -2.46. The van der Waals surface area contributed by atoms with Crippen LogP contribution < -0.4 is 5.56 Å². The second-order valence-electron chi connectivity index (χ2n) is 10.6. The predicted octanol–water partition coefficient (Wildman–Crippen LogP) is 5.43. The van der Waals surface area contributed by atoms with Crippen molar-refractivity contribution in [2.75, 3.05) is 0 Å². The highest BCUT2D eigenvalue weighted by Crippen LogP contribution is 2.36. The van der Waals surface area contributed by atoms with E-state index in [-0.39, 0.29) is 45.8 Å². The van der Waals surface area contributed by atoms with Crippen molar-refractivity contribution in [2.24, 2.45) is 7.05 Å². The number of alkyl halides is 3. The van der Waals surface area contributed by atoms with Gasteiger partial charge in [-0.15, -0.1) is 0 Å². The molecule has 0 N–H and O–H groups in total. The molecule has 1 aliphatic heterocycles. The van der Waals surface area contributed by atoms with Gasteiger partial charge in [0.25, 0.3) is 11.5 Å². The summed E-state index contributed by atoms with van der Waals surface area (Å²) in [7, 11) is 1.67. The van der Waals surface area contributed by atoms with E-state index in [9.17, 15) is 22.8 Å². The van der Waals surface area contributed by atoms with E-state index in [4.69, 9.17) is 4.98 Å². The minimum Gasteiger partial charge on any atom is -0.331 e. The third kappa shape index (κ3) is 4.82. The van der Waals surface area contributed by atoms with Crippen LogP contribution >= 0.6 is 15.9 Å². The summed E-state index contributed by atoms with van der Waals surface area (Å²) in [6.45, 7) is 5.15. The van der Waals surface area contributed by atoms with E-state index in [1.165, 1.54) is 38.7 Å². The van der Waals surface area contributed by atoms with Crippen molar-refractivity contribution >= 4 is 32.9 Å². The molecule has 0 aliphatic carbocycles. The van der Waals surface area contributed by atoms with Crippen LogP contribution in [-0.4, -0.2) is 45.7 Å². The number of benzene rings is 2. The average molecular weight is 658 g/mol. The van der Waals surface area contributed by atoms with Crippen LogP contribution in [0.2, 0.25) is 0 Å². The zero-order chi connectivity index (χ0) is 31.0. The van der Waals surface area contributed by atoms with Gasteiger partial charge in [-0.2, -0.15) is 18.3 Å². The molecule has 0 radical (unpaired) electrons. The molecule has 1 atom stereocenters. The van der Waals surface area contributed by atoms with Gasteiger partial charge >= 0.3 is 6.18 Å². The Kier molecular flexibility index (Phi) is 6.79. The summed E-state index contributed by atoms with van der Waals surface area (Å²) in [5.41, 5.74) is 1.16. The molecule has 0 saturated heterocycles. The average Bonchev–Trinajstić information content (AvgIpc) is 3.48. The largest absolute Gasteiger partial charge is 0.417 e. The summed E-state index contributed by atoms with van der Waals surface area (Å²) in [5.74, 6) is -1.12. The van der Waals surface area contributed by atoms with Gasteiger partial charge in [0, 0.05) is 40.4 Å². The molecule has 14 heteroatoms. The number of halogens is 5. The van der Waals surface area contributed by atoms with Crippen LogP contribution in [0.5, 0.6) is 0 Å². The van der Waals surface area contributed by atoms with Crippen molar-refractivity contribution in [2.45, 2.75) is 46.0 Å². The van der Waals surface area contributed by atoms with Crippen molar-refractivity contribution in [3.8, 4) is 11.6 Å². The number of rotatable bonds is 3. The van der Waals surface area contributed by atoms with E-state index in [0.29, 0.717) is 22.5 Å². The fourth-order valence-corrected chi connectivity index (χ4v) is 5.99. The molecular formula is C29H24BrF4N7O2. The molecule has 6 rings (SSSR count). The maximum absolute atomic E-state index is 15.3. The van der Waals surface area contributed by atoms with Crippen LogP contribution in [0.1, 0.15) is 45.5 Å². The Bertz CT molecular complexity index is 2010. The van der Waals surface area contributed by atoms with E-state index in [0.717, 1.165) is 6.07 Å². The normalized spacial score (nSPS) is 15.3.